The highest BCUT2D eigenvalue weighted by molar-refractivity contribution is 6.32. The van der Waals surface area contributed by atoms with Gasteiger partial charge in [0.15, 0.2) is 0 Å². The van der Waals surface area contributed by atoms with E-state index >= 15 is 9.59 Å². The number of allylic oxidation sites excluding steroid dienone is 1. The molecule has 2 aromatic heterocycles. The Bertz CT molecular complexity index is 3060. The van der Waals surface area contributed by atoms with Crippen LogP contribution >= 0.6 is 0 Å². The van der Waals surface area contributed by atoms with Gasteiger partial charge in [0, 0.05) is 40.2 Å². The molecule has 3 heterocycles. The lowest BCUT2D eigenvalue weighted by Gasteiger charge is -2.50. The van der Waals surface area contributed by atoms with E-state index in [4.69, 9.17) is 14.5 Å². The summed E-state index contributed by atoms with van der Waals surface area (Å²) in [4.78, 5) is 91.2. The molecule has 7 N–H and O–H groups in total. The molecule has 0 radical (unpaired) electrons. The van der Waals surface area contributed by atoms with Crippen molar-refractivity contribution in [1.29, 1.82) is 0 Å². The van der Waals surface area contributed by atoms with Gasteiger partial charge >= 0.3 is 23.9 Å². The van der Waals surface area contributed by atoms with Gasteiger partial charge < -0.3 is 45.9 Å². The number of benzene rings is 2. The van der Waals surface area contributed by atoms with E-state index in [1.807, 2.05) is 60.7 Å². The highest BCUT2D eigenvalue weighted by atomic mass is 16.5. The van der Waals surface area contributed by atoms with E-state index < -0.39 is 54.6 Å². The average Bonchev–Trinajstić information content (AvgIpc) is 4.15. The van der Waals surface area contributed by atoms with Crippen molar-refractivity contribution in [3.05, 3.63) is 88.8 Å². The van der Waals surface area contributed by atoms with Crippen molar-refractivity contribution in [2.45, 2.75) is 156 Å². The fourth-order valence-corrected chi connectivity index (χ4v) is 12.1. The number of nitrogens with zero attached hydrogens (tertiary/aromatic N) is 4. The number of amidine groups is 1. The summed E-state index contributed by atoms with van der Waals surface area (Å²) in [5.41, 5.74) is 0.819. The fourth-order valence-electron chi connectivity index (χ4n) is 12.1. The van der Waals surface area contributed by atoms with Crippen LogP contribution < -0.4 is 21.3 Å². The number of carboxylic acids is 2. The van der Waals surface area contributed by atoms with E-state index in [1.54, 1.807) is 26.8 Å². The second-order valence-electron chi connectivity index (χ2n) is 28.5. The Kier molecular flexibility index (Phi) is 18.6. The lowest BCUT2D eigenvalue weighted by atomic mass is 9.59. The molecule has 1 aliphatic heterocycles. The van der Waals surface area contributed by atoms with Gasteiger partial charge in [0.1, 0.15) is 48.1 Å². The van der Waals surface area contributed by atoms with Crippen LogP contribution in [0, 0.1) is 62.6 Å². The molecule has 0 spiro atoms. The van der Waals surface area contributed by atoms with Gasteiger partial charge in [-0.2, -0.15) is 15.0 Å². The van der Waals surface area contributed by atoms with Gasteiger partial charge in [-0.1, -0.05) is 178 Å². The number of aliphatic carboxylic acids is 2. The fraction of sp³-hybridized carbons (Fsp3) is 0.554. The maximum atomic E-state index is 15.9. The monoisotopic (exact) mass is 1140 g/mol. The smallest absolute Gasteiger partial charge is 0.342 e. The van der Waals surface area contributed by atoms with Crippen molar-refractivity contribution < 1.29 is 43.7 Å². The van der Waals surface area contributed by atoms with Gasteiger partial charge in [0.2, 0.25) is 23.8 Å². The summed E-state index contributed by atoms with van der Waals surface area (Å²) in [5, 5.41) is 30.7. The third-order valence-corrected chi connectivity index (χ3v) is 16.5. The standard InChI is InChI=1S/C65H89N9O9/c1-35-28-39(61(3,4)5)51(40(29-35)62(6,7)8)82-55(79)49-47(37-24-20-18-21-25-37)43(68-53(49)70-57(81)65(15,16)17)32-44-48(38-26-22-19-23-27-38)50(56(80)83-52-41(63(9,10)11)30-36(2)31-42(52)64(12,13)14)54(69-44)71-60-73-58(66-33-45(75)76)72-59(74-60)67-34-46(77)78/h18-27,32,35-36,39-42,51-52,68H,28-31,33-34H2,1-17H3,(H,70,81)(H,75,76)(H,77,78)(H3,66,67,69,71,72,73,74). The third kappa shape index (κ3) is 15.3. The number of ether oxygens (including phenoxy) is 2. The van der Waals surface area contributed by atoms with E-state index in [2.05, 4.69) is 138 Å². The lowest BCUT2D eigenvalue weighted by Crippen LogP contribution is -2.49. The quantitative estimate of drug-likeness (QED) is 0.0546. The summed E-state index contributed by atoms with van der Waals surface area (Å²) in [6.45, 7) is 34.9. The van der Waals surface area contributed by atoms with Crippen LogP contribution in [0.5, 0.6) is 0 Å². The molecular weight excluding hydrogens is 1050 g/mol. The molecule has 0 saturated heterocycles. The number of esters is 2. The number of nitrogens with one attached hydrogen (secondary N) is 5. The summed E-state index contributed by atoms with van der Waals surface area (Å²) in [6.07, 6.45) is 4.11. The van der Waals surface area contributed by atoms with E-state index in [-0.39, 0.29) is 97.6 Å². The van der Waals surface area contributed by atoms with Crippen molar-refractivity contribution in [3.63, 3.8) is 0 Å². The third-order valence-electron chi connectivity index (χ3n) is 16.5. The zero-order chi connectivity index (χ0) is 61.3. The average molecular weight is 1140 g/mol. The minimum atomic E-state index is -1.21. The van der Waals surface area contributed by atoms with E-state index in [1.165, 1.54) is 0 Å². The number of rotatable bonds is 15. The van der Waals surface area contributed by atoms with Crippen LogP contribution in [0.3, 0.4) is 0 Å². The molecule has 1 amide bonds. The van der Waals surface area contributed by atoms with Gasteiger partial charge in [0.25, 0.3) is 0 Å². The molecule has 18 heteroatoms. The van der Waals surface area contributed by atoms with Gasteiger partial charge in [-0.3, -0.25) is 14.4 Å². The molecule has 2 fully saturated rings. The zero-order valence-electron chi connectivity index (χ0n) is 51.8. The summed E-state index contributed by atoms with van der Waals surface area (Å²) >= 11 is 0. The van der Waals surface area contributed by atoms with Crippen LogP contribution in [0.1, 0.15) is 165 Å². The number of hydrogen-bond acceptors (Lipinski definition) is 14. The van der Waals surface area contributed by atoms with Gasteiger partial charge in [0.05, 0.1) is 11.4 Å². The topological polar surface area (TPSA) is 259 Å². The molecule has 2 saturated carbocycles. The molecule has 4 aromatic rings. The van der Waals surface area contributed by atoms with Crippen LogP contribution in [0.4, 0.5) is 23.7 Å². The molecule has 0 bridgehead atoms. The summed E-state index contributed by atoms with van der Waals surface area (Å²) in [7, 11) is 0. The lowest BCUT2D eigenvalue weighted by molar-refractivity contribution is -0.164. The molecule has 83 heavy (non-hydrogen) atoms. The predicted octanol–water partition coefficient (Wildman–Crippen LogP) is 13.1. The summed E-state index contributed by atoms with van der Waals surface area (Å²) in [6, 6.07) is 18.6. The summed E-state index contributed by atoms with van der Waals surface area (Å²) in [5.74, 6) is -3.96. The highest BCUT2D eigenvalue weighted by Gasteiger charge is 2.51. The molecular formula is C65H89N9O9. The SMILES string of the molecule is CC1CC(C(C)(C)C)C(OC(=O)C2=C(c3ccccc3)C(=Cc3[nH]c(NC(=O)C(C)(C)C)c(C(=O)OC4C(C(C)(C)C)CC(C)CC4C(C)(C)C)c3-c3ccccc3)N=C2Nc2nc(NCC(=O)O)nc(NCC(=O)O)n2)C(C(C)(C)C)C1. The Morgan fingerprint density at radius 3 is 1.41 bits per heavy atom. The van der Waals surface area contributed by atoms with E-state index in [9.17, 15) is 24.6 Å². The van der Waals surface area contributed by atoms with Gasteiger partial charge in [-0.15, -0.1) is 0 Å². The number of aromatic nitrogens is 4. The van der Waals surface area contributed by atoms with Crippen LogP contribution in [0.15, 0.2) is 76.9 Å². The number of aliphatic imine (C=N–C) groups is 1. The first-order valence-electron chi connectivity index (χ1n) is 29.1. The molecule has 18 nitrogen and oxygen atoms in total. The molecule has 2 aliphatic carbocycles. The molecule has 7 rings (SSSR count). The normalized spacial score (nSPS) is 23.0. The van der Waals surface area contributed by atoms with Crippen molar-refractivity contribution in [1.82, 2.24) is 19.9 Å². The van der Waals surface area contributed by atoms with Crippen LogP contribution in [0.25, 0.3) is 22.8 Å². The minimum Gasteiger partial charge on any atom is -0.480 e. The first-order chi connectivity index (χ1) is 38.5. The molecule has 448 valence electrons. The predicted molar refractivity (Wildman–Crippen MR) is 326 cm³/mol. The van der Waals surface area contributed by atoms with Crippen LogP contribution in [-0.2, 0) is 28.7 Å². The Hall–Kier alpha value is -7.37. The van der Waals surface area contributed by atoms with Crippen LogP contribution in [0.2, 0.25) is 0 Å². The second kappa shape index (κ2) is 24.5. The number of carbonyl (C=O) groups excluding carboxylic acids is 3. The Morgan fingerprint density at radius 1 is 0.590 bits per heavy atom. The number of aromatic amines is 1. The molecule has 3 aliphatic rings. The number of carboxylic acid groups (broad SMARTS) is 2. The highest BCUT2D eigenvalue weighted by Crippen LogP contribution is 2.52. The Morgan fingerprint density at radius 2 is 1.00 bits per heavy atom. The van der Waals surface area contributed by atoms with Gasteiger partial charge in [-0.25, -0.2) is 14.6 Å². The number of anilines is 4. The molecule has 2 aromatic carbocycles. The first kappa shape index (κ1) is 63.2. The number of carbonyl (C=O) groups is 5. The van der Waals surface area contributed by atoms with Crippen molar-refractivity contribution in [3.8, 4) is 11.1 Å². The minimum absolute atomic E-state index is 0.00930. The van der Waals surface area contributed by atoms with E-state index in [0.717, 1.165) is 25.7 Å². The zero-order valence-corrected chi connectivity index (χ0v) is 51.8. The summed E-state index contributed by atoms with van der Waals surface area (Å²) < 4.78 is 14.0. The Balaban J connectivity index is 1.53. The van der Waals surface area contributed by atoms with E-state index in [0.29, 0.717) is 39.8 Å². The second-order valence-corrected chi connectivity index (χ2v) is 28.5. The largest absolute Gasteiger partial charge is 0.480 e. The molecule has 4 unspecified atom stereocenters. The maximum Gasteiger partial charge on any atom is 0.342 e. The molecule has 4 atom stereocenters. The first-order valence-corrected chi connectivity index (χ1v) is 29.1. The van der Waals surface area contributed by atoms with Crippen molar-refractivity contribution in [2.75, 3.05) is 34.4 Å². The van der Waals surface area contributed by atoms with Crippen LogP contribution in [-0.4, -0.2) is 91.1 Å². The number of hydrogen-bond donors (Lipinski definition) is 7. The van der Waals surface area contributed by atoms with Gasteiger partial charge in [-0.05, 0) is 76.4 Å². The number of H-pyrrole nitrogens is 1. The van der Waals surface area contributed by atoms with Crippen molar-refractivity contribution in [2.24, 2.45) is 67.6 Å². The van der Waals surface area contributed by atoms with Crippen molar-refractivity contribution >= 4 is 70.9 Å². The Labute approximate surface area is 490 Å². The number of amides is 1. The maximum absolute atomic E-state index is 15.9.